The smallest absolute Gasteiger partial charge is 0.379 e. The zero-order valence-electron chi connectivity index (χ0n) is 12.6. The van der Waals surface area contributed by atoms with Crippen molar-refractivity contribution in [1.29, 1.82) is 0 Å². The molecule has 1 heterocycles. The molecule has 1 aromatic carbocycles. The average molecular weight is 327 g/mol. The van der Waals surface area contributed by atoms with E-state index < -0.39 is 24.2 Å². The van der Waals surface area contributed by atoms with Gasteiger partial charge in [-0.05, 0) is 32.0 Å². The Morgan fingerprint density at radius 1 is 1.30 bits per heavy atom. The van der Waals surface area contributed by atoms with Gasteiger partial charge in [-0.25, -0.2) is 4.68 Å². The van der Waals surface area contributed by atoms with Gasteiger partial charge in [0.15, 0.2) is 5.60 Å². The molecule has 1 aromatic heterocycles. The summed E-state index contributed by atoms with van der Waals surface area (Å²) in [5.41, 5.74) is -1.67. The van der Waals surface area contributed by atoms with Crippen molar-refractivity contribution in [3.63, 3.8) is 0 Å². The summed E-state index contributed by atoms with van der Waals surface area (Å²) in [5, 5.41) is 15.7. The van der Waals surface area contributed by atoms with Crippen LogP contribution in [0.5, 0.6) is 0 Å². The van der Waals surface area contributed by atoms with Crippen LogP contribution in [-0.4, -0.2) is 39.1 Å². The van der Waals surface area contributed by atoms with Gasteiger partial charge in [0.05, 0.1) is 23.5 Å². The summed E-state index contributed by atoms with van der Waals surface area (Å²) in [6.45, 7) is 1.44. The van der Waals surface area contributed by atoms with E-state index in [9.17, 15) is 23.1 Å². The van der Waals surface area contributed by atoms with Crippen molar-refractivity contribution >= 4 is 5.91 Å². The zero-order chi connectivity index (χ0) is 17.3. The van der Waals surface area contributed by atoms with Crippen molar-refractivity contribution in [2.75, 3.05) is 6.54 Å². The van der Waals surface area contributed by atoms with E-state index in [1.807, 2.05) is 0 Å². The predicted molar refractivity (Wildman–Crippen MR) is 77.3 cm³/mol. The SMILES string of the molecule is Cc1ccn(-c2ccccc2C(=O)NCC(C)(O)C(F)(F)F)n1. The van der Waals surface area contributed by atoms with E-state index in [0.717, 1.165) is 5.69 Å². The highest BCUT2D eigenvalue weighted by molar-refractivity contribution is 5.97. The molecule has 8 heteroatoms. The number of nitrogens with one attached hydrogen (secondary N) is 1. The summed E-state index contributed by atoms with van der Waals surface area (Å²) in [7, 11) is 0. The second-order valence-electron chi connectivity index (χ2n) is 5.37. The van der Waals surface area contributed by atoms with Crippen LogP contribution in [0, 0.1) is 6.92 Å². The van der Waals surface area contributed by atoms with E-state index in [1.54, 1.807) is 37.4 Å². The van der Waals surface area contributed by atoms with Gasteiger partial charge in [-0.15, -0.1) is 0 Å². The summed E-state index contributed by atoms with van der Waals surface area (Å²) in [6, 6.07) is 8.13. The Bertz CT molecular complexity index is 708. The molecule has 2 N–H and O–H groups in total. The number of aliphatic hydroxyl groups is 1. The lowest BCUT2D eigenvalue weighted by Crippen LogP contribution is -2.51. The molecule has 0 bridgehead atoms. The van der Waals surface area contributed by atoms with Gasteiger partial charge in [-0.1, -0.05) is 12.1 Å². The van der Waals surface area contributed by atoms with Gasteiger partial charge in [-0.3, -0.25) is 4.79 Å². The van der Waals surface area contributed by atoms with Crippen molar-refractivity contribution in [3.8, 4) is 5.69 Å². The Kier molecular flexibility index (Phi) is 4.46. The van der Waals surface area contributed by atoms with Gasteiger partial charge in [0.2, 0.25) is 0 Å². The molecule has 0 saturated heterocycles. The van der Waals surface area contributed by atoms with Crippen LogP contribution in [0.1, 0.15) is 23.0 Å². The highest BCUT2D eigenvalue weighted by Crippen LogP contribution is 2.29. The lowest BCUT2D eigenvalue weighted by molar-refractivity contribution is -0.249. The van der Waals surface area contributed by atoms with Crippen LogP contribution in [0.3, 0.4) is 0 Å². The molecule has 0 spiro atoms. The van der Waals surface area contributed by atoms with E-state index >= 15 is 0 Å². The number of alkyl halides is 3. The number of halogens is 3. The Labute approximate surface area is 130 Å². The minimum atomic E-state index is -4.83. The predicted octanol–water partition coefficient (Wildman–Crippen LogP) is 2.22. The zero-order valence-corrected chi connectivity index (χ0v) is 12.6. The lowest BCUT2D eigenvalue weighted by Gasteiger charge is -2.26. The summed E-state index contributed by atoms with van der Waals surface area (Å²) in [4.78, 5) is 12.2. The topological polar surface area (TPSA) is 67.2 Å². The van der Waals surface area contributed by atoms with Crippen LogP contribution in [-0.2, 0) is 0 Å². The molecule has 0 aliphatic carbocycles. The third-order valence-electron chi connectivity index (χ3n) is 3.32. The van der Waals surface area contributed by atoms with Crippen LogP contribution < -0.4 is 5.32 Å². The number of hydrogen-bond acceptors (Lipinski definition) is 3. The standard InChI is InChI=1S/C15H16F3N3O2/c1-10-7-8-21(20-10)12-6-4-3-5-11(12)13(22)19-9-14(2,23)15(16,17)18/h3-8,23H,9H2,1-2H3,(H,19,22). The number of amides is 1. The first-order chi connectivity index (χ1) is 10.6. The third kappa shape index (κ3) is 3.70. The summed E-state index contributed by atoms with van der Waals surface area (Å²) in [6.07, 6.45) is -3.19. The van der Waals surface area contributed by atoms with E-state index in [4.69, 9.17) is 0 Å². The number of nitrogens with zero attached hydrogens (tertiary/aromatic N) is 2. The Balaban J connectivity index is 2.21. The van der Waals surface area contributed by atoms with Crippen LogP contribution in [0.15, 0.2) is 36.5 Å². The van der Waals surface area contributed by atoms with E-state index in [0.29, 0.717) is 12.6 Å². The number of carbonyl (C=O) groups is 1. The van der Waals surface area contributed by atoms with Crippen LogP contribution in [0.25, 0.3) is 5.69 Å². The molecule has 5 nitrogen and oxygen atoms in total. The molecule has 0 saturated carbocycles. The van der Waals surface area contributed by atoms with E-state index in [-0.39, 0.29) is 5.56 Å². The van der Waals surface area contributed by atoms with Crippen LogP contribution in [0.4, 0.5) is 13.2 Å². The molecule has 1 atom stereocenters. The van der Waals surface area contributed by atoms with Crippen LogP contribution in [0.2, 0.25) is 0 Å². The number of hydrogen-bond donors (Lipinski definition) is 2. The van der Waals surface area contributed by atoms with Gasteiger partial charge in [-0.2, -0.15) is 18.3 Å². The molecular formula is C15H16F3N3O2. The fraction of sp³-hybridized carbons (Fsp3) is 0.333. The van der Waals surface area contributed by atoms with Gasteiger partial charge in [0, 0.05) is 6.20 Å². The maximum atomic E-state index is 12.6. The number of aromatic nitrogens is 2. The minimum absolute atomic E-state index is 0.161. The fourth-order valence-corrected chi connectivity index (χ4v) is 1.86. The highest BCUT2D eigenvalue weighted by atomic mass is 19.4. The maximum Gasteiger partial charge on any atom is 0.418 e. The van der Waals surface area contributed by atoms with Crippen molar-refractivity contribution in [1.82, 2.24) is 15.1 Å². The average Bonchev–Trinajstić information content (AvgIpc) is 2.90. The fourth-order valence-electron chi connectivity index (χ4n) is 1.86. The molecule has 2 rings (SSSR count). The number of aryl methyl sites for hydroxylation is 1. The Hall–Kier alpha value is -2.35. The first kappa shape index (κ1) is 17.0. The number of carbonyl (C=O) groups excluding carboxylic acids is 1. The maximum absolute atomic E-state index is 12.6. The third-order valence-corrected chi connectivity index (χ3v) is 3.32. The molecule has 2 aromatic rings. The first-order valence-electron chi connectivity index (χ1n) is 6.81. The van der Waals surface area contributed by atoms with Gasteiger partial charge < -0.3 is 10.4 Å². The molecular weight excluding hydrogens is 311 g/mol. The van der Waals surface area contributed by atoms with Crippen molar-refractivity contribution < 1.29 is 23.1 Å². The highest BCUT2D eigenvalue weighted by Gasteiger charge is 2.49. The minimum Gasteiger partial charge on any atom is -0.379 e. The monoisotopic (exact) mass is 327 g/mol. The molecule has 0 radical (unpaired) electrons. The van der Waals surface area contributed by atoms with Crippen molar-refractivity contribution in [2.45, 2.75) is 25.6 Å². The van der Waals surface area contributed by atoms with E-state index in [1.165, 1.54) is 10.7 Å². The number of rotatable bonds is 4. The normalized spacial score (nSPS) is 14.3. The molecule has 0 aliphatic rings. The Morgan fingerprint density at radius 3 is 2.52 bits per heavy atom. The summed E-state index contributed by atoms with van der Waals surface area (Å²) >= 11 is 0. The van der Waals surface area contributed by atoms with Gasteiger partial charge in [0.1, 0.15) is 0 Å². The Morgan fingerprint density at radius 2 is 1.96 bits per heavy atom. The summed E-state index contributed by atoms with van der Waals surface area (Å²) < 4.78 is 39.3. The van der Waals surface area contributed by atoms with Gasteiger partial charge >= 0.3 is 6.18 Å². The molecule has 23 heavy (non-hydrogen) atoms. The quantitative estimate of drug-likeness (QED) is 0.905. The summed E-state index contributed by atoms with van der Waals surface area (Å²) in [5.74, 6) is -0.724. The van der Waals surface area contributed by atoms with E-state index in [2.05, 4.69) is 10.4 Å². The number of para-hydroxylation sites is 1. The number of benzene rings is 1. The lowest BCUT2D eigenvalue weighted by atomic mass is 10.1. The molecule has 1 amide bonds. The second-order valence-corrected chi connectivity index (χ2v) is 5.37. The molecule has 0 fully saturated rings. The molecule has 1 unspecified atom stereocenters. The first-order valence-corrected chi connectivity index (χ1v) is 6.81. The van der Waals surface area contributed by atoms with Crippen molar-refractivity contribution in [3.05, 3.63) is 47.8 Å². The molecule has 124 valence electrons. The molecule has 0 aliphatic heterocycles. The van der Waals surface area contributed by atoms with Crippen molar-refractivity contribution in [2.24, 2.45) is 0 Å². The van der Waals surface area contributed by atoms with Gasteiger partial charge in [0.25, 0.3) is 5.91 Å². The largest absolute Gasteiger partial charge is 0.418 e. The second kappa shape index (κ2) is 6.04. The van der Waals surface area contributed by atoms with Crippen LogP contribution >= 0.6 is 0 Å².